The minimum atomic E-state index is 0.804. The fourth-order valence-electron chi connectivity index (χ4n) is 3.22. The molecule has 0 aromatic heterocycles. The second kappa shape index (κ2) is 2.73. The van der Waals surface area contributed by atoms with E-state index in [2.05, 4.69) is 12.2 Å². The Morgan fingerprint density at radius 1 is 1.31 bits per heavy atom. The molecular formula is C12H21N. The predicted molar refractivity (Wildman–Crippen MR) is 54.6 cm³/mol. The number of hydrogen-bond acceptors (Lipinski definition) is 1. The Morgan fingerprint density at radius 2 is 2.08 bits per heavy atom. The van der Waals surface area contributed by atoms with Crippen LogP contribution in [-0.2, 0) is 0 Å². The molecule has 13 heavy (non-hydrogen) atoms. The van der Waals surface area contributed by atoms with E-state index in [1.807, 2.05) is 0 Å². The third-order valence-electron chi connectivity index (χ3n) is 4.92. The molecule has 3 unspecified atom stereocenters. The molecule has 1 N–H and O–H groups in total. The molecule has 0 aromatic rings. The van der Waals surface area contributed by atoms with Crippen LogP contribution >= 0.6 is 0 Å². The van der Waals surface area contributed by atoms with Gasteiger partial charge in [0.05, 0.1) is 0 Å². The topological polar surface area (TPSA) is 12.0 Å². The summed E-state index contributed by atoms with van der Waals surface area (Å²) in [6.07, 6.45) is 8.99. The lowest BCUT2D eigenvalue weighted by Crippen LogP contribution is -2.57. The van der Waals surface area contributed by atoms with Gasteiger partial charge < -0.3 is 5.32 Å². The molecule has 1 nitrogen and oxygen atoms in total. The van der Waals surface area contributed by atoms with E-state index in [0.29, 0.717) is 0 Å². The number of rotatable bonds is 3. The normalized spacial score (nSPS) is 45.5. The highest BCUT2D eigenvalue weighted by atomic mass is 15.0. The van der Waals surface area contributed by atoms with Crippen molar-refractivity contribution < 1.29 is 0 Å². The van der Waals surface area contributed by atoms with E-state index in [-0.39, 0.29) is 0 Å². The molecule has 0 saturated heterocycles. The maximum atomic E-state index is 3.80. The Morgan fingerprint density at radius 3 is 2.46 bits per heavy atom. The highest BCUT2D eigenvalue weighted by Crippen LogP contribution is 2.56. The Labute approximate surface area is 81.3 Å². The van der Waals surface area contributed by atoms with Gasteiger partial charge in [-0.3, -0.25) is 0 Å². The minimum absolute atomic E-state index is 0.804. The summed E-state index contributed by atoms with van der Waals surface area (Å²) in [7, 11) is 0. The molecule has 1 spiro atoms. The first kappa shape index (κ1) is 8.28. The van der Waals surface area contributed by atoms with E-state index in [0.717, 1.165) is 23.3 Å². The molecule has 0 aromatic carbocycles. The lowest BCUT2D eigenvalue weighted by Gasteiger charge is -2.56. The molecule has 3 fully saturated rings. The maximum Gasteiger partial charge on any atom is 0.0124 e. The van der Waals surface area contributed by atoms with Gasteiger partial charge in [0.15, 0.2) is 0 Å². The summed E-state index contributed by atoms with van der Waals surface area (Å²) < 4.78 is 0. The molecule has 0 amide bonds. The van der Waals surface area contributed by atoms with Crippen LogP contribution in [0.15, 0.2) is 0 Å². The fraction of sp³-hybridized carbons (Fsp3) is 1.00. The molecular weight excluding hydrogens is 158 g/mol. The summed E-state index contributed by atoms with van der Waals surface area (Å²) in [5.74, 6) is 2.04. The van der Waals surface area contributed by atoms with Crippen LogP contribution in [-0.4, -0.2) is 12.6 Å². The molecule has 3 aliphatic carbocycles. The average Bonchev–Trinajstić information content (AvgIpc) is 2.61. The van der Waals surface area contributed by atoms with Crippen molar-refractivity contribution in [3.05, 3.63) is 0 Å². The SMILES string of the molecule is CC1CC1CNC1CCC12CCC2. The van der Waals surface area contributed by atoms with E-state index in [1.165, 1.54) is 45.1 Å². The van der Waals surface area contributed by atoms with Gasteiger partial charge in [0.1, 0.15) is 0 Å². The van der Waals surface area contributed by atoms with Crippen molar-refractivity contribution in [3.63, 3.8) is 0 Å². The zero-order valence-corrected chi connectivity index (χ0v) is 8.68. The predicted octanol–water partition coefficient (Wildman–Crippen LogP) is 2.56. The molecule has 0 radical (unpaired) electrons. The molecule has 0 bridgehead atoms. The van der Waals surface area contributed by atoms with Crippen molar-refractivity contribution >= 4 is 0 Å². The lowest BCUT2D eigenvalue weighted by atomic mass is 9.53. The van der Waals surface area contributed by atoms with E-state index in [4.69, 9.17) is 0 Å². The van der Waals surface area contributed by atoms with Gasteiger partial charge in [0, 0.05) is 6.04 Å². The van der Waals surface area contributed by atoms with Crippen molar-refractivity contribution in [1.82, 2.24) is 5.32 Å². The lowest BCUT2D eigenvalue weighted by molar-refractivity contribution is -0.0177. The van der Waals surface area contributed by atoms with Gasteiger partial charge in [0.2, 0.25) is 0 Å². The Bertz CT molecular complexity index is 202. The average molecular weight is 179 g/mol. The maximum absolute atomic E-state index is 3.80. The van der Waals surface area contributed by atoms with Gasteiger partial charge in [-0.25, -0.2) is 0 Å². The molecule has 3 rings (SSSR count). The largest absolute Gasteiger partial charge is 0.313 e. The first-order valence-corrected chi connectivity index (χ1v) is 6.04. The van der Waals surface area contributed by atoms with Crippen LogP contribution in [0.2, 0.25) is 0 Å². The molecule has 3 saturated carbocycles. The summed E-state index contributed by atoms with van der Waals surface area (Å²) in [5, 5.41) is 3.80. The van der Waals surface area contributed by atoms with Gasteiger partial charge in [-0.1, -0.05) is 13.3 Å². The molecule has 74 valence electrons. The van der Waals surface area contributed by atoms with Crippen molar-refractivity contribution in [1.29, 1.82) is 0 Å². The van der Waals surface area contributed by atoms with Crippen LogP contribution in [0.1, 0.15) is 45.4 Å². The molecule has 1 heteroatoms. The van der Waals surface area contributed by atoms with Crippen LogP contribution in [0.4, 0.5) is 0 Å². The standard InChI is InChI=1S/C12H21N/c1-9-7-10(9)8-13-11-3-6-12(11)4-2-5-12/h9-11,13H,2-8H2,1H3. The van der Waals surface area contributed by atoms with Gasteiger partial charge in [-0.05, 0) is 55.9 Å². The third-order valence-corrected chi connectivity index (χ3v) is 4.92. The monoisotopic (exact) mass is 179 g/mol. The first-order valence-electron chi connectivity index (χ1n) is 6.04. The number of nitrogens with one attached hydrogen (secondary N) is 1. The summed E-state index contributed by atoms with van der Waals surface area (Å²) in [6, 6.07) is 0.911. The molecule has 3 atom stereocenters. The van der Waals surface area contributed by atoms with Crippen molar-refractivity contribution in [3.8, 4) is 0 Å². The summed E-state index contributed by atoms with van der Waals surface area (Å²) in [5.41, 5.74) is 0.804. The molecule has 0 heterocycles. The Hall–Kier alpha value is -0.0400. The zero-order valence-electron chi connectivity index (χ0n) is 8.68. The van der Waals surface area contributed by atoms with Crippen molar-refractivity contribution in [2.45, 2.75) is 51.5 Å². The Kier molecular flexibility index (Phi) is 1.74. The quantitative estimate of drug-likeness (QED) is 0.702. The van der Waals surface area contributed by atoms with Crippen LogP contribution < -0.4 is 5.32 Å². The molecule has 0 aliphatic heterocycles. The van der Waals surface area contributed by atoms with E-state index < -0.39 is 0 Å². The Balaban J connectivity index is 1.45. The smallest absolute Gasteiger partial charge is 0.0124 e. The summed E-state index contributed by atoms with van der Waals surface area (Å²) in [4.78, 5) is 0. The zero-order chi connectivity index (χ0) is 8.89. The van der Waals surface area contributed by atoms with Crippen LogP contribution in [0.5, 0.6) is 0 Å². The fourth-order valence-corrected chi connectivity index (χ4v) is 3.22. The van der Waals surface area contributed by atoms with Gasteiger partial charge in [0.25, 0.3) is 0 Å². The van der Waals surface area contributed by atoms with Gasteiger partial charge >= 0.3 is 0 Å². The molecule has 3 aliphatic rings. The summed E-state index contributed by atoms with van der Waals surface area (Å²) >= 11 is 0. The van der Waals surface area contributed by atoms with Crippen LogP contribution in [0.25, 0.3) is 0 Å². The number of hydrogen-bond donors (Lipinski definition) is 1. The van der Waals surface area contributed by atoms with E-state index in [9.17, 15) is 0 Å². The van der Waals surface area contributed by atoms with Crippen LogP contribution in [0, 0.1) is 17.3 Å². The first-order chi connectivity index (χ1) is 6.30. The van der Waals surface area contributed by atoms with Crippen LogP contribution in [0.3, 0.4) is 0 Å². The van der Waals surface area contributed by atoms with Crippen molar-refractivity contribution in [2.75, 3.05) is 6.54 Å². The second-order valence-electron chi connectivity index (χ2n) is 5.69. The second-order valence-corrected chi connectivity index (χ2v) is 5.69. The highest BCUT2D eigenvalue weighted by Gasteiger charge is 2.50. The van der Waals surface area contributed by atoms with Crippen molar-refractivity contribution in [2.24, 2.45) is 17.3 Å². The van der Waals surface area contributed by atoms with E-state index >= 15 is 0 Å². The van der Waals surface area contributed by atoms with E-state index in [1.54, 1.807) is 0 Å². The van der Waals surface area contributed by atoms with Gasteiger partial charge in [-0.2, -0.15) is 0 Å². The third kappa shape index (κ3) is 1.24. The highest BCUT2D eigenvalue weighted by molar-refractivity contribution is 5.05. The minimum Gasteiger partial charge on any atom is -0.313 e. The summed E-state index contributed by atoms with van der Waals surface area (Å²) in [6.45, 7) is 3.69. The van der Waals surface area contributed by atoms with Gasteiger partial charge in [-0.15, -0.1) is 0 Å².